The van der Waals surface area contributed by atoms with Crippen LogP contribution < -0.4 is 0 Å². The highest BCUT2D eigenvalue weighted by Crippen LogP contribution is 2.73. The van der Waals surface area contributed by atoms with Crippen LogP contribution in [0.15, 0.2) is 11.6 Å². The van der Waals surface area contributed by atoms with Crippen molar-refractivity contribution in [2.45, 2.75) is 131 Å². The molecule has 210 valence electrons. The van der Waals surface area contributed by atoms with Gasteiger partial charge < -0.3 is 19.7 Å². The SMILES string of the molecule is CC(=O)O[C@@H]1CC[C@]2(C)[C@H]3CC[C@@]4(C)[C@H]([C@H]5CO[C@@H](C(C)(C)O)[C@H](O)C5)CC[C@]4(C)C3=CC[C@H]2C1(C)C. The van der Waals surface area contributed by atoms with Crippen LogP contribution >= 0.6 is 0 Å². The van der Waals surface area contributed by atoms with Crippen molar-refractivity contribution in [3.8, 4) is 0 Å². The fourth-order valence-corrected chi connectivity index (χ4v) is 10.7. The minimum absolute atomic E-state index is 0.00350. The van der Waals surface area contributed by atoms with Crippen LogP contribution in [0.5, 0.6) is 0 Å². The van der Waals surface area contributed by atoms with Gasteiger partial charge in [0.25, 0.3) is 0 Å². The maximum absolute atomic E-state index is 11.8. The molecule has 2 N–H and O–H groups in total. The summed E-state index contributed by atoms with van der Waals surface area (Å²) in [5.41, 5.74) is 1.24. The molecule has 0 bridgehead atoms. The molecule has 37 heavy (non-hydrogen) atoms. The maximum Gasteiger partial charge on any atom is 0.302 e. The molecule has 0 unspecified atom stereocenters. The number of ether oxygens (including phenoxy) is 2. The highest BCUT2D eigenvalue weighted by molar-refractivity contribution is 5.66. The summed E-state index contributed by atoms with van der Waals surface area (Å²) in [5.74, 6) is 1.81. The van der Waals surface area contributed by atoms with Crippen LogP contribution in [-0.4, -0.2) is 46.7 Å². The third-order valence-electron chi connectivity index (χ3n) is 12.8. The summed E-state index contributed by atoms with van der Waals surface area (Å²) in [6.45, 7) is 17.9. The van der Waals surface area contributed by atoms with Crippen molar-refractivity contribution in [3.05, 3.63) is 11.6 Å². The molecule has 1 aliphatic heterocycles. The van der Waals surface area contributed by atoms with Crippen molar-refractivity contribution < 1.29 is 24.5 Å². The molecule has 5 heteroatoms. The Balaban J connectivity index is 1.41. The van der Waals surface area contributed by atoms with Crippen LogP contribution in [0.2, 0.25) is 0 Å². The van der Waals surface area contributed by atoms with Gasteiger partial charge in [-0.1, -0.05) is 46.3 Å². The lowest BCUT2D eigenvalue weighted by molar-refractivity contribution is -0.189. The predicted molar refractivity (Wildman–Crippen MR) is 145 cm³/mol. The molecule has 0 radical (unpaired) electrons. The molecule has 0 amide bonds. The molecule has 0 aromatic carbocycles. The zero-order valence-electron chi connectivity index (χ0n) is 24.6. The van der Waals surface area contributed by atoms with Crippen LogP contribution in [0.4, 0.5) is 0 Å². The smallest absolute Gasteiger partial charge is 0.302 e. The van der Waals surface area contributed by atoms with Crippen molar-refractivity contribution in [2.24, 2.45) is 45.3 Å². The average molecular weight is 517 g/mol. The van der Waals surface area contributed by atoms with Crippen molar-refractivity contribution in [2.75, 3.05) is 6.61 Å². The standard InChI is InChI=1S/C32H52O5/c1-19(33)37-26-13-14-30(6)22-12-16-31(7)21(20-17-24(34)27(36-18-20)29(4,5)35)11-15-32(31,8)23(22)9-10-25(30)28(26,2)3/h9,20-22,24-27,34-35H,10-18H2,1-8H3/t20-,21+,22+,24-,25+,26-,27-,30-,31+,32-/m1/s1. The first kappa shape index (κ1) is 27.6. The van der Waals surface area contributed by atoms with Gasteiger partial charge in [-0.15, -0.1) is 0 Å². The van der Waals surface area contributed by atoms with Crippen LogP contribution in [0.1, 0.15) is 107 Å². The number of aliphatic hydroxyl groups is 2. The van der Waals surface area contributed by atoms with Crippen molar-refractivity contribution in [1.29, 1.82) is 0 Å². The van der Waals surface area contributed by atoms with E-state index in [4.69, 9.17) is 9.47 Å². The quantitative estimate of drug-likeness (QED) is 0.352. The molecule has 5 rings (SSSR count). The topological polar surface area (TPSA) is 76.0 Å². The lowest BCUT2D eigenvalue weighted by Gasteiger charge is -2.64. The van der Waals surface area contributed by atoms with E-state index in [1.807, 2.05) is 0 Å². The monoisotopic (exact) mass is 516 g/mol. The summed E-state index contributed by atoms with van der Waals surface area (Å²) >= 11 is 0. The number of hydrogen-bond donors (Lipinski definition) is 2. The molecule has 0 aromatic rings. The Morgan fingerprint density at radius 2 is 1.78 bits per heavy atom. The van der Waals surface area contributed by atoms with Gasteiger partial charge in [-0.2, -0.15) is 0 Å². The zero-order valence-corrected chi connectivity index (χ0v) is 24.6. The molecule has 1 saturated heterocycles. The van der Waals surface area contributed by atoms with Gasteiger partial charge in [0.05, 0.1) is 18.3 Å². The van der Waals surface area contributed by atoms with Gasteiger partial charge in [-0.05, 0) is 105 Å². The first-order valence-electron chi connectivity index (χ1n) is 15.0. The number of hydrogen-bond acceptors (Lipinski definition) is 5. The predicted octanol–water partition coefficient (Wildman–Crippen LogP) is 6.06. The van der Waals surface area contributed by atoms with Crippen LogP contribution in [-0.2, 0) is 14.3 Å². The lowest BCUT2D eigenvalue weighted by Crippen LogP contribution is -2.59. The van der Waals surface area contributed by atoms with Gasteiger partial charge in [0.2, 0.25) is 0 Å². The number of aliphatic hydroxyl groups excluding tert-OH is 1. The number of fused-ring (bicyclic) bond motifs is 5. The minimum atomic E-state index is -1.03. The molecule has 4 fully saturated rings. The summed E-state index contributed by atoms with van der Waals surface area (Å²) < 4.78 is 12.0. The second kappa shape index (κ2) is 8.80. The summed E-state index contributed by atoms with van der Waals surface area (Å²) in [6, 6.07) is 0. The molecule has 5 nitrogen and oxygen atoms in total. The van der Waals surface area contributed by atoms with Gasteiger partial charge in [0.15, 0.2) is 0 Å². The Bertz CT molecular complexity index is 947. The average Bonchev–Trinajstić information content (AvgIpc) is 3.06. The Morgan fingerprint density at radius 1 is 1.08 bits per heavy atom. The second-order valence-corrected chi connectivity index (χ2v) is 15.4. The summed E-state index contributed by atoms with van der Waals surface area (Å²) in [6.07, 6.45) is 10.2. The van der Waals surface area contributed by atoms with E-state index in [1.54, 1.807) is 26.3 Å². The molecular formula is C32H52O5. The molecule has 1 heterocycles. The minimum Gasteiger partial charge on any atom is -0.462 e. The van der Waals surface area contributed by atoms with Crippen molar-refractivity contribution in [1.82, 2.24) is 0 Å². The van der Waals surface area contributed by atoms with E-state index in [0.717, 1.165) is 25.7 Å². The number of esters is 1. The van der Waals surface area contributed by atoms with E-state index in [0.29, 0.717) is 30.3 Å². The van der Waals surface area contributed by atoms with Gasteiger partial charge >= 0.3 is 5.97 Å². The van der Waals surface area contributed by atoms with E-state index in [2.05, 4.69) is 40.7 Å². The highest BCUT2D eigenvalue weighted by atomic mass is 16.5. The summed E-state index contributed by atoms with van der Waals surface area (Å²) in [4.78, 5) is 11.8. The molecule has 3 saturated carbocycles. The van der Waals surface area contributed by atoms with Crippen LogP contribution in [0.25, 0.3) is 0 Å². The Hall–Kier alpha value is -0.910. The zero-order chi connectivity index (χ0) is 27.2. The molecular weight excluding hydrogens is 464 g/mol. The van der Waals surface area contributed by atoms with Crippen molar-refractivity contribution in [3.63, 3.8) is 0 Å². The fourth-order valence-electron chi connectivity index (χ4n) is 10.7. The molecule has 4 aliphatic carbocycles. The van der Waals surface area contributed by atoms with Crippen LogP contribution in [0.3, 0.4) is 0 Å². The van der Waals surface area contributed by atoms with E-state index in [-0.39, 0.29) is 33.7 Å². The highest BCUT2D eigenvalue weighted by Gasteiger charge is 2.66. The maximum atomic E-state index is 11.8. The molecule has 0 spiro atoms. The Labute approximate surface area is 224 Å². The van der Waals surface area contributed by atoms with E-state index in [1.165, 1.54) is 25.7 Å². The van der Waals surface area contributed by atoms with Gasteiger partial charge in [-0.25, -0.2) is 0 Å². The fraction of sp³-hybridized carbons (Fsp3) is 0.906. The molecule has 5 aliphatic rings. The van der Waals surface area contributed by atoms with Gasteiger partial charge in [0.1, 0.15) is 12.2 Å². The van der Waals surface area contributed by atoms with Gasteiger partial charge in [-0.3, -0.25) is 4.79 Å². The Morgan fingerprint density at radius 3 is 2.41 bits per heavy atom. The first-order chi connectivity index (χ1) is 17.1. The van der Waals surface area contributed by atoms with Crippen LogP contribution in [0, 0.1) is 45.3 Å². The number of allylic oxidation sites excluding steroid dienone is 2. The normalized spacial score (nSPS) is 49.4. The number of carbonyl (C=O) groups is 1. The third-order valence-corrected chi connectivity index (χ3v) is 12.8. The summed E-state index contributed by atoms with van der Waals surface area (Å²) in [5, 5.41) is 21.4. The Kier molecular flexibility index (Phi) is 6.57. The third kappa shape index (κ3) is 3.99. The summed E-state index contributed by atoms with van der Waals surface area (Å²) in [7, 11) is 0. The van der Waals surface area contributed by atoms with E-state index in [9.17, 15) is 15.0 Å². The molecule has 10 atom stereocenters. The van der Waals surface area contributed by atoms with E-state index < -0.39 is 17.8 Å². The second-order valence-electron chi connectivity index (χ2n) is 15.4. The lowest BCUT2D eigenvalue weighted by atomic mass is 9.41. The number of carbonyl (C=O) groups excluding carboxylic acids is 1. The van der Waals surface area contributed by atoms with E-state index >= 15 is 0 Å². The molecule has 0 aromatic heterocycles. The number of rotatable bonds is 3. The first-order valence-corrected chi connectivity index (χ1v) is 15.0. The largest absolute Gasteiger partial charge is 0.462 e. The van der Waals surface area contributed by atoms with Gasteiger partial charge in [0, 0.05) is 12.3 Å². The van der Waals surface area contributed by atoms with Crippen molar-refractivity contribution >= 4 is 5.97 Å².